The fourth-order valence-corrected chi connectivity index (χ4v) is 1.11. The molecule has 0 saturated heterocycles. The molecule has 0 bridgehead atoms. The highest BCUT2D eigenvalue weighted by Gasteiger charge is 2.15. The molecule has 0 unspecified atom stereocenters. The summed E-state index contributed by atoms with van der Waals surface area (Å²) in [5, 5.41) is 3.74. The lowest BCUT2D eigenvalue weighted by Gasteiger charge is -1.94. The minimum absolute atomic E-state index is 0.0944. The van der Waals surface area contributed by atoms with Gasteiger partial charge in [0.15, 0.2) is 17.3 Å². The average molecular weight is 207 g/mol. The fraction of sp³-hybridized carbons (Fsp3) is 0.300. The highest BCUT2D eigenvalue weighted by Crippen LogP contribution is 2.19. The number of pyridine rings is 1. The van der Waals surface area contributed by atoms with Gasteiger partial charge in [-0.2, -0.15) is 4.98 Å². The van der Waals surface area contributed by atoms with Crippen LogP contribution in [0.4, 0.5) is 4.39 Å². The molecule has 0 aromatic carbocycles. The van der Waals surface area contributed by atoms with Crippen molar-refractivity contribution >= 4 is 0 Å². The molecule has 4 nitrogen and oxygen atoms in total. The molecule has 2 heterocycles. The summed E-state index contributed by atoms with van der Waals surface area (Å²) in [6.07, 6.45) is 1.48. The Morgan fingerprint density at radius 3 is 2.80 bits per heavy atom. The van der Waals surface area contributed by atoms with E-state index in [0.717, 1.165) is 0 Å². The second kappa shape index (κ2) is 3.76. The summed E-state index contributed by atoms with van der Waals surface area (Å²) in [4.78, 5) is 7.91. The quantitative estimate of drug-likeness (QED) is 0.758. The maximum Gasteiger partial charge on any atom is 0.279 e. The van der Waals surface area contributed by atoms with E-state index in [1.54, 1.807) is 0 Å². The van der Waals surface area contributed by atoms with E-state index >= 15 is 0 Å². The average Bonchev–Trinajstić information content (AvgIpc) is 2.67. The lowest BCUT2D eigenvalue weighted by atomic mass is 10.2. The molecule has 0 aliphatic carbocycles. The van der Waals surface area contributed by atoms with Gasteiger partial charge in [-0.25, -0.2) is 9.37 Å². The molecule has 0 N–H and O–H groups in total. The van der Waals surface area contributed by atoms with Crippen LogP contribution in [0.15, 0.2) is 22.9 Å². The monoisotopic (exact) mass is 207 g/mol. The predicted molar refractivity (Wildman–Crippen MR) is 51.6 cm³/mol. The van der Waals surface area contributed by atoms with Gasteiger partial charge in [0.1, 0.15) is 0 Å². The van der Waals surface area contributed by atoms with Crippen LogP contribution in [0.25, 0.3) is 11.6 Å². The molecule has 0 radical (unpaired) electrons. The number of nitrogens with zero attached hydrogens (tertiary/aromatic N) is 3. The van der Waals surface area contributed by atoms with Gasteiger partial charge in [0, 0.05) is 12.1 Å². The highest BCUT2D eigenvalue weighted by atomic mass is 19.1. The van der Waals surface area contributed by atoms with E-state index < -0.39 is 5.82 Å². The largest absolute Gasteiger partial charge is 0.332 e. The molecule has 0 amide bonds. The van der Waals surface area contributed by atoms with Crippen molar-refractivity contribution < 1.29 is 8.91 Å². The third-order valence-electron chi connectivity index (χ3n) is 1.92. The molecular formula is C10H10FN3O. The SMILES string of the molecule is CC(C)c1noc(-c2ncccc2F)n1. The van der Waals surface area contributed by atoms with Crippen molar-refractivity contribution in [3.63, 3.8) is 0 Å². The number of hydrogen-bond acceptors (Lipinski definition) is 4. The van der Waals surface area contributed by atoms with Gasteiger partial charge in [-0.15, -0.1) is 0 Å². The van der Waals surface area contributed by atoms with E-state index in [0.29, 0.717) is 5.82 Å². The first-order chi connectivity index (χ1) is 7.18. The molecule has 0 spiro atoms. The maximum atomic E-state index is 13.3. The summed E-state index contributed by atoms with van der Waals surface area (Å²) < 4.78 is 18.2. The number of halogens is 1. The van der Waals surface area contributed by atoms with Gasteiger partial charge in [0.2, 0.25) is 0 Å². The van der Waals surface area contributed by atoms with Gasteiger partial charge < -0.3 is 4.52 Å². The molecule has 0 saturated carbocycles. The van der Waals surface area contributed by atoms with E-state index in [2.05, 4.69) is 15.1 Å². The van der Waals surface area contributed by atoms with E-state index in [1.807, 2.05) is 13.8 Å². The zero-order valence-corrected chi connectivity index (χ0v) is 8.44. The van der Waals surface area contributed by atoms with Gasteiger partial charge in [-0.1, -0.05) is 19.0 Å². The Labute approximate surface area is 86.2 Å². The molecule has 0 aliphatic rings. The zero-order chi connectivity index (χ0) is 10.8. The van der Waals surface area contributed by atoms with E-state index in [1.165, 1.54) is 18.3 Å². The molecule has 2 aromatic rings. The van der Waals surface area contributed by atoms with Crippen molar-refractivity contribution in [2.75, 3.05) is 0 Å². The molecule has 5 heteroatoms. The molecule has 2 aromatic heterocycles. The smallest absolute Gasteiger partial charge is 0.279 e. The molecule has 0 fully saturated rings. The van der Waals surface area contributed by atoms with Gasteiger partial charge >= 0.3 is 0 Å². The summed E-state index contributed by atoms with van der Waals surface area (Å²) in [7, 11) is 0. The van der Waals surface area contributed by atoms with Crippen molar-refractivity contribution in [1.29, 1.82) is 0 Å². The molecular weight excluding hydrogens is 197 g/mol. The minimum Gasteiger partial charge on any atom is -0.332 e. The Kier molecular flexibility index (Phi) is 2.45. The Morgan fingerprint density at radius 1 is 1.40 bits per heavy atom. The van der Waals surface area contributed by atoms with Crippen LogP contribution in [0.1, 0.15) is 25.6 Å². The van der Waals surface area contributed by atoms with Crippen molar-refractivity contribution in [3.8, 4) is 11.6 Å². The van der Waals surface area contributed by atoms with Crippen molar-refractivity contribution in [2.45, 2.75) is 19.8 Å². The fourth-order valence-electron chi connectivity index (χ4n) is 1.11. The van der Waals surface area contributed by atoms with Gasteiger partial charge in [0.05, 0.1) is 0 Å². The first-order valence-corrected chi connectivity index (χ1v) is 4.63. The number of aromatic nitrogens is 3. The third-order valence-corrected chi connectivity index (χ3v) is 1.92. The molecule has 15 heavy (non-hydrogen) atoms. The molecule has 78 valence electrons. The second-order valence-corrected chi connectivity index (χ2v) is 3.45. The van der Waals surface area contributed by atoms with E-state index in [9.17, 15) is 4.39 Å². The first kappa shape index (κ1) is 9.76. The van der Waals surface area contributed by atoms with Crippen LogP contribution in [0.2, 0.25) is 0 Å². The van der Waals surface area contributed by atoms with Crippen LogP contribution in [0, 0.1) is 5.82 Å². The van der Waals surface area contributed by atoms with E-state index in [4.69, 9.17) is 4.52 Å². The third kappa shape index (κ3) is 1.86. The van der Waals surface area contributed by atoms with Crippen molar-refractivity contribution in [2.24, 2.45) is 0 Å². The molecule has 0 aliphatic heterocycles. The molecule has 2 rings (SSSR count). The van der Waals surface area contributed by atoms with Gasteiger partial charge in [-0.3, -0.25) is 0 Å². The summed E-state index contributed by atoms with van der Waals surface area (Å²) >= 11 is 0. The summed E-state index contributed by atoms with van der Waals surface area (Å²) in [5.41, 5.74) is 0.0944. The van der Waals surface area contributed by atoms with Crippen LogP contribution >= 0.6 is 0 Å². The first-order valence-electron chi connectivity index (χ1n) is 4.63. The lowest BCUT2D eigenvalue weighted by Crippen LogP contribution is -1.91. The van der Waals surface area contributed by atoms with Gasteiger partial charge in [0.25, 0.3) is 5.89 Å². The van der Waals surface area contributed by atoms with E-state index in [-0.39, 0.29) is 17.5 Å². The van der Waals surface area contributed by atoms with Crippen LogP contribution in [-0.4, -0.2) is 15.1 Å². The van der Waals surface area contributed by atoms with Crippen molar-refractivity contribution in [3.05, 3.63) is 30.0 Å². The van der Waals surface area contributed by atoms with Crippen LogP contribution < -0.4 is 0 Å². The van der Waals surface area contributed by atoms with Crippen LogP contribution in [0.3, 0.4) is 0 Å². The molecule has 0 atom stereocenters. The Hall–Kier alpha value is -1.78. The van der Waals surface area contributed by atoms with Crippen LogP contribution in [-0.2, 0) is 0 Å². The summed E-state index contributed by atoms with van der Waals surface area (Å²) in [6.45, 7) is 3.87. The predicted octanol–water partition coefficient (Wildman–Crippen LogP) is 2.39. The van der Waals surface area contributed by atoms with Crippen LogP contribution in [0.5, 0.6) is 0 Å². The standard InChI is InChI=1S/C10H10FN3O/c1-6(2)9-13-10(15-14-9)8-7(11)4-3-5-12-8/h3-6H,1-2H3. The minimum atomic E-state index is -0.462. The normalized spacial score (nSPS) is 10.9. The van der Waals surface area contributed by atoms with Crippen molar-refractivity contribution in [1.82, 2.24) is 15.1 Å². The second-order valence-electron chi connectivity index (χ2n) is 3.45. The van der Waals surface area contributed by atoms with Gasteiger partial charge in [-0.05, 0) is 12.1 Å². The summed E-state index contributed by atoms with van der Waals surface area (Å²) in [5.74, 6) is 0.359. The Balaban J connectivity index is 2.42. The zero-order valence-electron chi connectivity index (χ0n) is 8.44. The Bertz CT molecular complexity index is 467. The maximum absolute atomic E-state index is 13.3. The topological polar surface area (TPSA) is 51.8 Å². The Morgan fingerprint density at radius 2 is 2.20 bits per heavy atom. The highest BCUT2D eigenvalue weighted by molar-refractivity contribution is 5.46. The number of rotatable bonds is 2. The lowest BCUT2D eigenvalue weighted by molar-refractivity contribution is 0.415. The number of hydrogen-bond donors (Lipinski definition) is 0. The summed E-state index contributed by atoms with van der Waals surface area (Å²) in [6, 6.07) is 2.82.